The molecule has 0 aromatic carbocycles. The van der Waals surface area contributed by atoms with E-state index in [2.05, 4.69) is 0 Å². The summed E-state index contributed by atoms with van der Waals surface area (Å²) in [4.78, 5) is 0. The zero-order valence-corrected chi connectivity index (χ0v) is 8.42. The van der Waals surface area contributed by atoms with Gasteiger partial charge in [0.15, 0.2) is 0 Å². The van der Waals surface area contributed by atoms with Gasteiger partial charge in [-0.1, -0.05) is 0 Å². The van der Waals surface area contributed by atoms with E-state index < -0.39 is 0 Å². The summed E-state index contributed by atoms with van der Waals surface area (Å²) in [5.74, 6) is 0. The third kappa shape index (κ3) is 8.62. The predicted octanol–water partition coefficient (Wildman–Crippen LogP) is 3.05. The van der Waals surface area contributed by atoms with E-state index in [1.807, 2.05) is 27.7 Å². The van der Waals surface area contributed by atoms with Gasteiger partial charge in [-0.15, -0.1) is 0 Å². The monoisotopic (exact) mass is 182 g/mol. The Morgan fingerprint density at radius 3 is 1.30 bits per heavy atom. The molecule has 2 nitrogen and oxygen atoms in total. The molecule has 0 saturated carbocycles. The summed E-state index contributed by atoms with van der Waals surface area (Å²) >= 11 is 2.57. The van der Waals surface area contributed by atoms with Gasteiger partial charge < -0.3 is 8.37 Å². The highest BCUT2D eigenvalue weighted by atomic mass is 33.1. The molecule has 0 aliphatic carbocycles. The third-order valence-electron chi connectivity index (χ3n) is 0.491. The van der Waals surface area contributed by atoms with E-state index in [-0.39, 0.29) is 12.2 Å². The Hall–Kier alpha value is 0.620. The van der Waals surface area contributed by atoms with Gasteiger partial charge in [-0.2, -0.15) is 0 Å². The number of hydrogen-bond donors (Lipinski definition) is 0. The first-order valence-corrected chi connectivity index (χ1v) is 5.28. The van der Waals surface area contributed by atoms with Crippen LogP contribution in [0.3, 0.4) is 0 Å². The maximum atomic E-state index is 5.15. The molecule has 0 N–H and O–H groups in total. The van der Waals surface area contributed by atoms with Crippen molar-refractivity contribution < 1.29 is 8.37 Å². The molecule has 62 valence electrons. The van der Waals surface area contributed by atoms with Crippen LogP contribution >= 0.6 is 22.1 Å². The van der Waals surface area contributed by atoms with Gasteiger partial charge in [0.25, 0.3) is 0 Å². The van der Waals surface area contributed by atoms with Gasteiger partial charge in [0, 0.05) is 0 Å². The summed E-state index contributed by atoms with van der Waals surface area (Å²) in [5.41, 5.74) is 0. The minimum atomic E-state index is 0.258. The van der Waals surface area contributed by atoms with Crippen LogP contribution in [0.25, 0.3) is 0 Å². The lowest BCUT2D eigenvalue weighted by molar-refractivity contribution is 0.282. The summed E-state index contributed by atoms with van der Waals surface area (Å²) in [7, 11) is 0. The molecule has 0 aromatic rings. The summed E-state index contributed by atoms with van der Waals surface area (Å²) in [6.07, 6.45) is 0.515. The average molecular weight is 182 g/mol. The van der Waals surface area contributed by atoms with Crippen molar-refractivity contribution >= 4 is 22.1 Å². The molecule has 0 amide bonds. The zero-order valence-electron chi connectivity index (χ0n) is 6.79. The molecule has 0 fully saturated rings. The Bertz CT molecular complexity index is 66.1. The van der Waals surface area contributed by atoms with E-state index in [1.165, 1.54) is 22.1 Å². The fourth-order valence-corrected chi connectivity index (χ4v) is 1.70. The third-order valence-corrected chi connectivity index (χ3v) is 2.11. The van der Waals surface area contributed by atoms with Gasteiger partial charge in [0.05, 0.1) is 34.4 Å². The van der Waals surface area contributed by atoms with Crippen molar-refractivity contribution in [2.24, 2.45) is 0 Å². The van der Waals surface area contributed by atoms with Gasteiger partial charge in [0.2, 0.25) is 0 Å². The van der Waals surface area contributed by atoms with E-state index >= 15 is 0 Å². The summed E-state index contributed by atoms with van der Waals surface area (Å²) < 4.78 is 10.3. The van der Waals surface area contributed by atoms with Crippen molar-refractivity contribution in [1.29, 1.82) is 0 Å². The summed E-state index contributed by atoms with van der Waals surface area (Å²) in [6.45, 7) is 7.96. The second kappa shape index (κ2) is 6.34. The average Bonchev–Trinajstić information content (AvgIpc) is 1.79. The highest BCUT2D eigenvalue weighted by Crippen LogP contribution is 2.26. The second-order valence-corrected chi connectivity index (χ2v) is 3.90. The lowest BCUT2D eigenvalue weighted by atomic mass is 10.5. The quantitative estimate of drug-likeness (QED) is 0.369. The Morgan fingerprint density at radius 1 is 0.800 bits per heavy atom. The molecular formula is C6H14O2S2. The maximum Gasteiger partial charge on any atom is 0.0928 e. The smallest absolute Gasteiger partial charge is 0.0928 e. The molecule has 10 heavy (non-hydrogen) atoms. The van der Waals surface area contributed by atoms with Gasteiger partial charge in [-0.05, 0) is 27.7 Å². The van der Waals surface area contributed by atoms with E-state index in [1.54, 1.807) is 0 Å². The van der Waals surface area contributed by atoms with Crippen molar-refractivity contribution in [3.63, 3.8) is 0 Å². The normalized spacial score (nSPS) is 11.4. The molecule has 4 heteroatoms. The first-order chi connectivity index (χ1) is 4.63. The Morgan fingerprint density at radius 2 is 1.10 bits per heavy atom. The highest BCUT2D eigenvalue weighted by Gasteiger charge is 1.97. The topological polar surface area (TPSA) is 18.5 Å². The molecule has 0 saturated heterocycles. The van der Waals surface area contributed by atoms with Crippen molar-refractivity contribution in [2.45, 2.75) is 39.9 Å². The second-order valence-electron chi connectivity index (χ2n) is 2.43. The van der Waals surface area contributed by atoms with Crippen molar-refractivity contribution in [2.75, 3.05) is 0 Å². The minimum absolute atomic E-state index is 0.258. The SMILES string of the molecule is CC(C)OSSOC(C)C. The predicted molar refractivity (Wildman–Crippen MR) is 47.6 cm³/mol. The molecule has 0 radical (unpaired) electrons. The largest absolute Gasteiger partial charge is 0.301 e. The van der Waals surface area contributed by atoms with Crippen LogP contribution < -0.4 is 0 Å². The molecule has 0 aliphatic heterocycles. The van der Waals surface area contributed by atoms with Gasteiger partial charge in [-0.25, -0.2) is 0 Å². The summed E-state index contributed by atoms with van der Waals surface area (Å²) in [6, 6.07) is 0. The first-order valence-electron chi connectivity index (χ1n) is 3.28. The van der Waals surface area contributed by atoms with Crippen LogP contribution in [-0.4, -0.2) is 12.2 Å². The van der Waals surface area contributed by atoms with Crippen LogP contribution in [-0.2, 0) is 8.37 Å². The summed E-state index contributed by atoms with van der Waals surface area (Å²) in [5, 5.41) is 0. The van der Waals surface area contributed by atoms with Crippen molar-refractivity contribution in [3.05, 3.63) is 0 Å². The zero-order chi connectivity index (χ0) is 7.98. The number of rotatable bonds is 5. The van der Waals surface area contributed by atoms with Crippen LogP contribution in [0, 0.1) is 0 Å². The Balaban J connectivity index is 2.91. The fourth-order valence-electron chi connectivity index (χ4n) is 0.189. The van der Waals surface area contributed by atoms with E-state index in [9.17, 15) is 0 Å². The Labute approximate surface area is 70.9 Å². The molecular weight excluding hydrogens is 168 g/mol. The molecule has 0 unspecified atom stereocenters. The molecule has 0 bridgehead atoms. The Kier molecular flexibility index (Phi) is 6.73. The minimum Gasteiger partial charge on any atom is -0.301 e. The fraction of sp³-hybridized carbons (Fsp3) is 1.00. The highest BCUT2D eigenvalue weighted by molar-refractivity contribution is 8.73. The van der Waals surface area contributed by atoms with E-state index in [0.29, 0.717) is 0 Å². The van der Waals surface area contributed by atoms with Crippen LogP contribution in [0.4, 0.5) is 0 Å². The van der Waals surface area contributed by atoms with Gasteiger partial charge in [-0.3, -0.25) is 0 Å². The molecule has 0 spiro atoms. The first kappa shape index (κ1) is 10.6. The number of hydrogen-bond acceptors (Lipinski definition) is 4. The van der Waals surface area contributed by atoms with Crippen LogP contribution in [0.15, 0.2) is 0 Å². The molecule has 0 rings (SSSR count). The van der Waals surface area contributed by atoms with E-state index in [0.717, 1.165) is 0 Å². The lowest BCUT2D eigenvalue weighted by Gasteiger charge is -2.05. The van der Waals surface area contributed by atoms with Crippen molar-refractivity contribution in [3.8, 4) is 0 Å². The van der Waals surface area contributed by atoms with Crippen molar-refractivity contribution in [1.82, 2.24) is 0 Å². The maximum absolute atomic E-state index is 5.15. The van der Waals surface area contributed by atoms with Crippen LogP contribution in [0.2, 0.25) is 0 Å². The molecule has 0 heterocycles. The molecule has 0 atom stereocenters. The molecule has 0 aliphatic rings. The van der Waals surface area contributed by atoms with Gasteiger partial charge in [0.1, 0.15) is 0 Å². The standard InChI is InChI=1S/C6H14O2S2/c1-5(2)7-9-10-8-6(3)4/h5-6H,1-4H3. The molecule has 0 aromatic heterocycles. The van der Waals surface area contributed by atoms with Crippen LogP contribution in [0.1, 0.15) is 27.7 Å². The lowest BCUT2D eigenvalue weighted by Crippen LogP contribution is -1.95. The van der Waals surface area contributed by atoms with E-state index in [4.69, 9.17) is 8.37 Å². The van der Waals surface area contributed by atoms with Gasteiger partial charge >= 0.3 is 0 Å². The van der Waals surface area contributed by atoms with Crippen LogP contribution in [0.5, 0.6) is 0 Å².